The summed E-state index contributed by atoms with van der Waals surface area (Å²) in [4.78, 5) is 2.38. The normalized spacial score (nSPS) is 24.3. The van der Waals surface area contributed by atoms with Gasteiger partial charge < -0.3 is 10.5 Å². The Labute approximate surface area is 68.5 Å². The van der Waals surface area contributed by atoms with Crippen molar-refractivity contribution in [1.82, 2.24) is 4.90 Å². The lowest BCUT2D eigenvalue weighted by atomic mass is 10.1. The van der Waals surface area contributed by atoms with Crippen LogP contribution in [0.3, 0.4) is 0 Å². The van der Waals surface area contributed by atoms with Crippen LogP contribution in [0.2, 0.25) is 0 Å². The van der Waals surface area contributed by atoms with Crippen molar-refractivity contribution in [2.75, 3.05) is 26.7 Å². The maximum absolute atomic E-state index is 5.64. The third kappa shape index (κ3) is 1.92. The lowest BCUT2D eigenvalue weighted by molar-refractivity contribution is 0.00308. The van der Waals surface area contributed by atoms with E-state index in [1.165, 1.54) is 19.5 Å². The van der Waals surface area contributed by atoms with Crippen molar-refractivity contribution in [1.29, 1.82) is 0 Å². The standard InChI is InChI=1S/C8H18N2O/c1-7(11-2)8(6-9)10-4-3-5-10/h7-8H,3-6,9H2,1-2H3. The molecule has 0 amide bonds. The van der Waals surface area contributed by atoms with E-state index in [1.807, 2.05) is 0 Å². The predicted octanol–water partition coefficient (Wildman–Crippen LogP) is 0.0543. The first-order valence-corrected chi connectivity index (χ1v) is 4.26. The molecule has 0 aromatic carbocycles. The quantitative estimate of drug-likeness (QED) is 0.628. The van der Waals surface area contributed by atoms with E-state index in [0.717, 1.165) is 0 Å². The second kappa shape index (κ2) is 4.04. The molecule has 0 aliphatic carbocycles. The fraction of sp³-hybridized carbons (Fsp3) is 1.00. The zero-order valence-corrected chi connectivity index (χ0v) is 7.42. The van der Waals surface area contributed by atoms with Crippen LogP contribution < -0.4 is 5.73 Å². The molecule has 1 aliphatic heterocycles. The van der Waals surface area contributed by atoms with Crippen molar-refractivity contribution in [2.45, 2.75) is 25.5 Å². The van der Waals surface area contributed by atoms with Crippen LogP contribution in [-0.4, -0.2) is 43.8 Å². The zero-order valence-electron chi connectivity index (χ0n) is 7.42. The van der Waals surface area contributed by atoms with E-state index < -0.39 is 0 Å². The van der Waals surface area contributed by atoms with Gasteiger partial charge in [0.25, 0.3) is 0 Å². The van der Waals surface area contributed by atoms with E-state index in [9.17, 15) is 0 Å². The summed E-state index contributed by atoms with van der Waals surface area (Å²) >= 11 is 0. The Hall–Kier alpha value is -0.120. The van der Waals surface area contributed by atoms with Gasteiger partial charge in [0.1, 0.15) is 0 Å². The van der Waals surface area contributed by atoms with Gasteiger partial charge in [-0.2, -0.15) is 0 Å². The van der Waals surface area contributed by atoms with Crippen LogP contribution in [0.1, 0.15) is 13.3 Å². The molecule has 2 atom stereocenters. The van der Waals surface area contributed by atoms with Gasteiger partial charge in [-0.1, -0.05) is 0 Å². The molecular formula is C8H18N2O. The highest BCUT2D eigenvalue weighted by Gasteiger charge is 2.26. The SMILES string of the molecule is COC(C)C(CN)N1CCC1. The number of hydrogen-bond acceptors (Lipinski definition) is 3. The molecule has 2 N–H and O–H groups in total. The third-order valence-corrected chi connectivity index (χ3v) is 2.51. The van der Waals surface area contributed by atoms with Crippen molar-refractivity contribution in [3.63, 3.8) is 0 Å². The van der Waals surface area contributed by atoms with Crippen molar-refractivity contribution in [3.8, 4) is 0 Å². The van der Waals surface area contributed by atoms with E-state index >= 15 is 0 Å². The molecule has 0 saturated carbocycles. The Morgan fingerprint density at radius 1 is 1.55 bits per heavy atom. The lowest BCUT2D eigenvalue weighted by Gasteiger charge is -2.40. The van der Waals surface area contributed by atoms with Crippen LogP contribution >= 0.6 is 0 Å². The average Bonchev–Trinajstić information content (AvgIpc) is 1.94. The van der Waals surface area contributed by atoms with Gasteiger partial charge in [0.15, 0.2) is 0 Å². The molecule has 2 unspecified atom stereocenters. The summed E-state index contributed by atoms with van der Waals surface area (Å²) in [5.74, 6) is 0. The molecule has 1 fully saturated rings. The fourth-order valence-corrected chi connectivity index (χ4v) is 1.47. The van der Waals surface area contributed by atoms with Crippen LogP contribution in [0, 0.1) is 0 Å². The number of nitrogens with zero attached hydrogens (tertiary/aromatic N) is 1. The second-order valence-electron chi connectivity index (χ2n) is 3.13. The van der Waals surface area contributed by atoms with E-state index in [-0.39, 0.29) is 6.10 Å². The van der Waals surface area contributed by atoms with E-state index in [0.29, 0.717) is 12.6 Å². The molecular weight excluding hydrogens is 140 g/mol. The second-order valence-corrected chi connectivity index (χ2v) is 3.13. The van der Waals surface area contributed by atoms with Crippen molar-refractivity contribution < 1.29 is 4.74 Å². The molecule has 1 heterocycles. The van der Waals surface area contributed by atoms with Gasteiger partial charge >= 0.3 is 0 Å². The molecule has 0 radical (unpaired) electrons. The minimum absolute atomic E-state index is 0.264. The van der Waals surface area contributed by atoms with Gasteiger partial charge in [-0.25, -0.2) is 0 Å². The minimum Gasteiger partial charge on any atom is -0.380 e. The molecule has 1 aliphatic rings. The summed E-state index contributed by atoms with van der Waals surface area (Å²) in [6.07, 6.45) is 1.58. The summed E-state index contributed by atoms with van der Waals surface area (Å²) in [7, 11) is 1.74. The monoisotopic (exact) mass is 158 g/mol. The molecule has 0 spiro atoms. The maximum Gasteiger partial charge on any atom is 0.0710 e. The van der Waals surface area contributed by atoms with Gasteiger partial charge in [0, 0.05) is 19.7 Å². The van der Waals surface area contributed by atoms with Gasteiger partial charge in [-0.3, -0.25) is 4.90 Å². The Morgan fingerprint density at radius 3 is 2.45 bits per heavy atom. The van der Waals surface area contributed by atoms with Gasteiger partial charge in [-0.15, -0.1) is 0 Å². The van der Waals surface area contributed by atoms with Crippen LogP contribution in [0.15, 0.2) is 0 Å². The number of ether oxygens (including phenoxy) is 1. The first-order valence-electron chi connectivity index (χ1n) is 4.26. The smallest absolute Gasteiger partial charge is 0.0710 e. The largest absolute Gasteiger partial charge is 0.380 e. The van der Waals surface area contributed by atoms with Crippen molar-refractivity contribution >= 4 is 0 Å². The molecule has 3 heteroatoms. The third-order valence-electron chi connectivity index (χ3n) is 2.51. The Morgan fingerprint density at radius 2 is 2.18 bits per heavy atom. The Balaban J connectivity index is 2.34. The first-order chi connectivity index (χ1) is 5.29. The van der Waals surface area contributed by atoms with Crippen molar-refractivity contribution in [3.05, 3.63) is 0 Å². The molecule has 1 saturated heterocycles. The highest BCUT2D eigenvalue weighted by atomic mass is 16.5. The average molecular weight is 158 g/mol. The summed E-state index contributed by atoms with van der Waals surface area (Å²) in [6, 6.07) is 0.425. The summed E-state index contributed by atoms with van der Waals surface area (Å²) in [5, 5.41) is 0. The molecule has 66 valence electrons. The Bertz CT molecular complexity index is 110. The van der Waals surface area contributed by atoms with Gasteiger partial charge in [-0.05, 0) is 26.4 Å². The van der Waals surface area contributed by atoms with Crippen LogP contribution in [0.25, 0.3) is 0 Å². The highest BCUT2D eigenvalue weighted by molar-refractivity contribution is 4.83. The minimum atomic E-state index is 0.264. The van der Waals surface area contributed by atoms with E-state index in [1.54, 1.807) is 7.11 Å². The van der Waals surface area contributed by atoms with Crippen molar-refractivity contribution in [2.24, 2.45) is 5.73 Å². The number of methoxy groups -OCH3 is 1. The van der Waals surface area contributed by atoms with Crippen LogP contribution in [0.5, 0.6) is 0 Å². The first kappa shape index (κ1) is 8.97. The molecule has 0 aromatic rings. The zero-order chi connectivity index (χ0) is 8.27. The molecule has 11 heavy (non-hydrogen) atoms. The molecule has 0 aromatic heterocycles. The fourth-order valence-electron chi connectivity index (χ4n) is 1.47. The van der Waals surface area contributed by atoms with Gasteiger partial charge in [0.05, 0.1) is 6.10 Å². The Kier molecular flexibility index (Phi) is 3.30. The number of likely N-dealkylation sites (tertiary alicyclic amines) is 1. The van der Waals surface area contributed by atoms with Crippen LogP contribution in [0.4, 0.5) is 0 Å². The number of rotatable bonds is 4. The topological polar surface area (TPSA) is 38.5 Å². The summed E-state index contributed by atoms with van der Waals surface area (Å²) < 4.78 is 5.24. The van der Waals surface area contributed by atoms with Gasteiger partial charge in [0.2, 0.25) is 0 Å². The maximum atomic E-state index is 5.64. The molecule has 1 rings (SSSR count). The predicted molar refractivity (Wildman–Crippen MR) is 45.5 cm³/mol. The number of nitrogens with two attached hydrogens (primary N) is 1. The highest BCUT2D eigenvalue weighted by Crippen LogP contribution is 2.14. The molecule has 0 bridgehead atoms. The molecule has 3 nitrogen and oxygen atoms in total. The van der Waals surface area contributed by atoms with Crippen LogP contribution in [-0.2, 0) is 4.74 Å². The summed E-state index contributed by atoms with van der Waals surface area (Å²) in [6.45, 7) is 5.16. The lowest BCUT2D eigenvalue weighted by Crippen LogP contribution is -2.53. The van der Waals surface area contributed by atoms with E-state index in [4.69, 9.17) is 10.5 Å². The van der Waals surface area contributed by atoms with E-state index in [2.05, 4.69) is 11.8 Å². The summed E-state index contributed by atoms with van der Waals surface area (Å²) in [5.41, 5.74) is 5.64. The number of hydrogen-bond donors (Lipinski definition) is 1.